The summed E-state index contributed by atoms with van der Waals surface area (Å²) in [6, 6.07) is 1.31. The van der Waals surface area contributed by atoms with E-state index < -0.39 is 18.0 Å². The van der Waals surface area contributed by atoms with Crippen LogP contribution in [0.3, 0.4) is 0 Å². The predicted molar refractivity (Wildman–Crippen MR) is 76.5 cm³/mol. The Balaban J connectivity index is 2.81. The van der Waals surface area contributed by atoms with Crippen molar-refractivity contribution in [3.63, 3.8) is 0 Å². The maximum atomic E-state index is 11.7. The lowest BCUT2D eigenvalue weighted by atomic mass is 10.2. The van der Waals surface area contributed by atoms with Gasteiger partial charge < -0.3 is 20.8 Å². The third-order valence-corrected chi connectivity index (χ3v) is 3.35. The van der Waals surface area contributed by atoms with E-state index in [1.807, 2.05) is 0 Å². The van der Waals surface area contributed by atoms with Gasteiger partial charge in [0.15, 0.2) is 0 Å². The average Bonchev–Trinajstić information content (AvgIpc) is 2.38. The van der Waals surface area contributed by atoms with E-state index in [1.165, 1.54) is 0 Å². The molecule has 6 nitrogen and oxygen atoms in total. The minimum absolute atomic E-state index is 0.0992. The summed E-state index contributed by atoms with van der Waals surface area (Å²) in [6.07, 6.45) is -0.0992. The van der Waals surface area contributed by atoms with Crippen molar-refractivity contribution in [2.45, 2.75) is 19.4 Å². The number of carboxylic acids is 1. The SMILES string of the molecule is Cc1ccc(Cl)c(NC(=O)N[C@H](CCO)C(=O)O)c1Cl. The quantitative estimate of drug-likeness (QED) is 0.668. The minimum atomic E-state index is -1.24. The first-order valence-electron chi connectivity index (χ1n) is 5.72. The number of carbonyl (C=O) groups is 2. The molecule has 0 heterocycles. The van der Waals surface area contributed by atoms with Crippen LogP contribution in [0.25, 0.3) is 0 Å². The molecule has 1 aromatic rings. The highest BCUT2D eigenvalue weighted by Gasteiger charge is 2.20. The van der Waals surface area contributed by atoms with Crippen molar-refractivity contribution in [2.75, 3.05) is 11.9 Å². The number of rotatable bonds is 5. The molecule has 0 saturated heterocycles. The van der Waals surface area contributed by atoms with Gasteiger partial charge in [0, 0.05) is 13.0 Å². The van der Waals surface area contributed by atoms with Crippen LogP contribution in [0.4, 0.5) is 10.5 Å². The van der Waals surface area contributed by atoms with Crippen LogP contribution in [-0.2, 0) is 4.79 Å². The molecule has 0 radical (unpaired) electrons. The lowest BCUT2D eigenvalue weighted by molar-refractivity contribution is -0.139. The molecule has 0 aliphatic rings. The van der Waals surface area contributed by atoms with Crippen LogP contribution in [0.5, 0.6) is 0 Å². The first-order valence-corrected chi connectivity index (χ1v) is 6.48. The van der Waals surface area contributed by atoms with Gasteiger partial charge in [-0.15, -0.1) is 0 Å². The number of amides is 2. The largest absolute Gasteiger partial charge is 0.480 e. The Labute approximate surface area is 125 Å². The van der Waals surface area contributed by atoms with Crippen LogP contribution in [0.2, 0.25) is 10.0 Å². The number of halogens is 2. The molecule has 0 spiro atoms. The molecule has 0 aliphatic carbocycles. The Morgan fingerprint density at radius 2 is 2.00 bits per heavy atom. The maximum Gasteiger partial charge on any atom is 0.326 e. The molecule has 110 valence electrons. The molecule has 0 aliphatic heterocycles. The first kappa shape index (κ1) is 16.6. The number of aliphatic hydroxyl groups is 1. The fraction of sp³-hybridized carbons (Fsp3) is 0.333. The summed E-state index contributed by atoms with van der Waals surface area (Å²) in [6.45, 7) is 1.39. The van der Waals surface area contributed by atoms with E-state index in [0.717, 1.165) is 5.56 Å². The van der Waals surface area contributed by atoms with E-state index in [0.29, 0.717) is 0 Å². The van der Waals surface area contributed by atoms with Crippen molar-refractivity contribution in [1.29, 1.82) is 0 Å². The summed E-state index contributed by atoms with van der Waals surface area (Å²) in [5, 5.41) is 22.7. The number of aliphatic carboxylic acids is 1. The molecule has 0 fully saturated rings. The molecule has 0 bridgehead atoms. The number of aliphatic hydroxyl groups excluding tert-OH is 1. The number of hydrogen-bond donors (Lipinski definition) is 4. The predicted octanol–water partition coefficient (Wildman–Crippen LogP) is 2.26. The van der Waals surface area contributed by atoms with E-state index in [2.05, 4.69) is 10.6 Å². The van der Waals surface area contributed by atoms with Crippen molar-refractivity contribution in [1.82, 2.24) is 5.32 Å². The molecule has 0 aromatic heterocycles. The van der Waals surface area contributed by atoms with Gasteiger partial charge in [0.25, 0.3) is 0 Å². The molecule has 2 amide bonds. The fourth-order valence-electron chi connectivity index (χ4n) is 1.47. The number of urea groups is 1. The summed E-state index contributed by atoms with van der Waals surface area (Å²) < 4.78 is 0. The van der Waals surface area contributed by atoms with E-state index in [-0.39, 0.29) is 28.8 Å². The Hall–Kier alpha value is -1.50. The molecule has 0 unspecified atom stereocenters. The zero-order valence-corrected chi connectivity index (χ0v) is 12.1. The number of anilines is 1. The Kier molecular flexibility index (Phi) is 6.06. The van der Waals surface area contributed by atoms with Gasteiger partial charge in [-0.05, 0) is 18.6 Å². The topological polar surface area (TPSA) is 98.7 Å². The van der Waals surface area contributed by atoms with Gasteiger partial charge in [-0.1, -0.05) is 29.3 Å². The van der Waals surface area contributed by atoms with Gasteiger partial charge in [-0.25, -0.2) is 9.59 Å². The zero-order chi connectivity index (χ0) is 15.3. The van der Waals surface area contributed by atoms with Gasteiger partial charge >= 0.3 is 12.0 Å². The summed E-state index contributed by atoms with van der Waals surface area (Å²) >= 11 is 11.9. The van der Waals surface area contributed by atoms with Crippen molar-refractivity contribution in [3.05, 3.63) is 27.7 Å². The molecule has 8 heteroatoms. The standard InChI is InChI=1S/C12H14Cl2N2O4/c1-6-2-3-7(13)10(9(6)14)16-12(20)15-8(4-5-17)11(18)19/h2-3,8,17H,4-5H2,1H3,(H,18,19)(H2,15,16,20)/t8-/m1/s1. The summed E-state index contributed by atoms with van der Waals surface area (Å²) in [5.74, 6) is -1.24. The Morgan fingerprint density at radius 1 is 1.35 bits per heavy atom. The molecule has 1 rings (SSSR count). The Bertz CT molecular complexity index is 522. The Morgan fingerprint density at radius 3 is 2.55 bits per heavy atom. The van der Waals surface area contributed by atoms with Gasteiger partial charge in [0.05, 0.1) is 15.7 Å². The first-order chi connectivity index (χ1) is 9.36. The molecule has 0 saturated carbocycles. The average molecular weight is 321 g/mol. The lowest BCUT2D eigenvalue weighted by Gasteiger charge is -2.16. The molecule has 4 N–H and O–H groups in total. The van der Waals surface area contributed by atoms with Gasteiger partial charge in [-0.2, -0.15) is 0 Å². The van der Waals surface area contributed by atoms with Crippen LogP contribution < -0.4 is 10.6 Å². The van der Waals surface area contributed by atoms with Crippen LogP contribution in [-0.4, -0.2) is 34.9 Å². The van der Waals surface area contributed by atoms with E-state index in [9.17, 15) is 9.59 Å². The van der Waals surface area contributed by atoms with E-state index >= 15 is 0 Å². The van der Waals surface area contributed by atoms with E-state index in [1.54, 1.807) is 19.1 Å². The van der Waals surface area contributed by atoms with Gasteiger partial charge in [0.2, 0.25) is 0 Å². The summed E-state index contributed by atoms with van der Waals surface area (Å²) in [5.41, 5.74) is 0.926. The highest BCUT2D eigenvalue weighted by molar-refractivity contribution is 6.40. The number of carbonyl (C=O) groups excluding carboxylic acids is 1. The minimum Gasteiger partial charge on any atom is -0.480 e. The van der Waals surface area contributed by atoms with Crippen molar-refractivity contribution in [2.24, 2.45) is 0 Å². The van der Waals surface area contributed by atoms with Crippen LogP contribution in [0, 0.1) is 6.92 Å². The van der Waals surface area contributed by atoms with Crippen LogP contribution >= 0.6 is 23.2 Å². The van der Waals surface area contributed by atoms with Crippen LogP contribution in [0.15, 0.2) is 12.1 Å². The second-order valence-electron chi connectivity index (χ2n) is 4.05. The summed E-state index contributed by atoms with van der Waals surface area (Å²) in [4.78, 5) is 22.6. The smallest absolute Gasteiger partial charge is 0.326 e. The molecule has 20 heavy (non-hydrogen) atoms. The molecular weight excluding hydrogens is 307 g/mol. The molecular formula is C12H14Cl2N2O4. The number of aryl methyl sites for hydroxylation is 1. The second-order valence-corrected chi connectivity index (χ2v) is 4.84. The van der Waals surface area contributed by atoms with E-state index in [4.69, 9.17) is 33.4 Å². The molecule has 1 aromatic carbocycles. The zero-order valence-electron chi connectivity index (χ0n) is 10.6. The monoisotopic (exact) mass is 320 g/mol. The highest BCUT2D eigenvalue weighted by atomic mass is 35.5. The van der Waals surface area contributed by atoms with Crippen molar-refractivity contribution >= 4 is 40.9 Å². The van der Waals surface area contributed by atoms with Crippen LogP contribution in [0.1, 0.15) is 12.0 Å². The number of nitrogens with one attached hydrogen (secondary N) is 2. The number of carboxylic acid groups (broad SMARTS) is 1. The van der Waals surface area contributed by atoms with Gasteiger partial charge in [0.1, 0.15) is 6.04 Å². The number of benzene rings is 1. The fourth-order valence-corrected chi connectivity index (χ4v) is 1.93. The lowest BCUT2D eigenvalue weighted by Crippen LogP contribution is -2.43. The highest BCUT2D eigenvalue weighted by Crippen LogP contribution is 2.32. The third-order valence-electron chi connectivity index (χ3n) is 2.54. The normalized spacial score (nSPS) is 11.8. The third kappa shape index (κ3) is 4.26. The number of hydrogen-bond acceptors (Lipinski definition) is 3. The maximum absolute atomic E-state index is 11.7. The van der Waals surface area contributed by atoms with Crippen molar-refractivity contribution < 1.29 is 19.8 Å². The molecule has 1 atom stereocenters. The second kappa shape index (κ2) is 7.33. The summed E-state index contributed by atoms with van der Waals surface area (Å²) in [7, 11) is 0. The van der Waals surface area contributed by atoms with Crippen molar-refractivity contribution in [3.8, 4) is 0 Å². The van der Waals surface area contributed by atoms with Gasteiger partial charge in [-0.3, -0.25) is 0 Å².